The lowest BCUT2D eigenvalue weighted by Crippen LogP contribution is -2.03. The Bertz CT molecular complexity index is 383. The maximum Gasteiger partial charge on any atom is 0.271 e. The number of pyridine rings is 1. The number of halogens is 5. The van der Waals surface area contributed by atoms with Gasteiger partial charge in [0.2, 0.25) is 0 Å². The quantitative estimate of drug-likeness (QED) is 0.759. The number of nitrogens with zero attached hydrogens (tertiary/aromatic N) is 1. The van der Waals surface area contributed by atoms with E-state index in [0.29, 0.717) is 0 Å². The third-order valence-electron chi connectivity index (χ3n) is 1.41. The van der Waals surface area contributed by atoms with Crippen LogP contribution < -0.4 is 0 Å². The van der Waals surface area contributed by atoms with Crippen molar-refractivity contribution in [2.24, 2.45) is 0 Å². The summed E-state index contributed by atoms with van der Waals surface area (Å²) in [5, 5.41) is -1.65. The number of carbonyl (C=O) groups excluding carboxylic acids is 1. The van der Waals surface area contributed by atoms with Gasteiger partial charge in [0, 0.05) is 6.20 Å². The van der Waals surface area contributed by atoms with Crippen molar-refractivity contribution in [2.45, 2.75) is 6.43 Å². The number of carbonyl (C=O) groups is 1. The van der Waals surface area contributed by atoms with Gasteiger partial charge in [-0.2, -0.15) is 0 Å². The van der Waals surface area contributed by atoms with E-state index in [4.69, 9.17) is 34.8 Å². The molecule has 1 aromatic heterocycles. The van der Waals surface area contributed by atoms with Gasteiger partial charge in [-0.15, -0.1) is 0 Å². The molecule has 0 N–H and O–H groups in total. The minimum absolute atomic E-state index is 0.149. The predicted octanol–water partition coefficient (Wildman–Crippen LogP) is 3.71. The number of aromatic nitrogens is 1. The largest absolute Gasteiger partial charge is 0.274 e. The van der Waals surface area contributed by atoms with Gasteiger partial charge < -0.3 is 0 Å². The van der Waals surface area contributed by atoms with Gasteiger partial charge in [0.15, 0.2) is 0 Å². The van der Waals surface area contributed by atoms with Crippen LogP contribution in [0.15, 0.2) is 6.20 Å². The fourth-order valence-electron chi connectivity index (χ4n) is 0.836. The summed E-state index contributed by atoms with van der Waals surface area (Å²) in [5.41, 5.74) is -1.31. The molecule has 0 saturated carbocycles. The third-order valence-corrected chi connectivity index (χ3v) is 2.38. The first-order valence-electron chi connectivity index (χ1n) is 3.27. The molecule has 1 aromatic rings. The van der Waals surface area contributed by atoms with Gasteiger partial charge in [-0.05, 0) is 11.6 Å². The normalized spacial score (nSPS) is 10.7. The van der Waals surface area contributed by atoms with Crippen LogP contribution in [0, 0.1) is 0 Å². The summed E-state index contributed by atoms with van der Waals surface area (Å²) in [4.78, 5) is 14.1. The summed E-state index contributed by atoms with van der Waals surface area (Å²) >= 11 is 16.0. The van der Waals surface area contributed by atoms with Crippen molar-refractivity contribution in [1.82, 2.24) is 4.98 Å². The molecule has 76 valence electrons. The Hall–Kier alpha value is -0.450. The van der Waals surface area contributed by atoms with E-state index in [0.717, 1.165) is 6.20 Å². The highest BCUT2D eigenvalue weighted by Crippen LogP contribution is 2.34. The Morgan fingerprint density at radius 2 is 2.00 bits per heavy atom. The van der Waals surface area contributed by atoms with Gasteiger partial charge in [0.1, 0.15) is 5.69 Å². The highest BCUT2D eigenvalue weighted by atomic mass is 35.5. The zero-order valence-electron chi connectivity index (χ0n) is 6.40. The maximum atomic E-state index is 12.4. The molecule has 0 aliphatic heterocycles. The first kappa shape index (κ1) is 11.6. The van der Waals surface area contributed by atoms with Crippen LogP contribution >= 0.6 is 34.8 Å². The standard InChI is InChI=1S/C7H2Cl3F2NO/c8-2-1-13-5(6(10)14)3(4(2)9)7(11)12/h1,7H. The summed E-state index contributed by atoms with van der Waals surface area (Å²) in [6, 6.07) is 0. The van der Waals surface area contributed by atoms with Gasteiger partial charge in [0.25, 0.3) is 11.7 Å². The van der Waals surface area contributed by atoms with E-state index in [2.05, 4.69) is 4.98 Å². The van der Waals surface area contributed by atoms with Gasteiger partial charge in [-0.3, -0.25) is 4.79 Å². The minimum Gasteiger partial charge on any atom is -0.274 e. The fourth-order valence-corrected chi connectivity index (χ4v) is 1.36. The predicted molar refractivity (Wildman–Crippen MR) is 49.4 cm³/mol. The summed E-state index contributed by atoms with van der Waals surface area (Å²) in [6.45, 7) is 0. The second-order valence-electron chi connectivity index (χ2n) is 2.26. The number of hydrogen-bond acceptors (Lipinski definition) is 2. The highest BCUT2D eigenvalue weighted by Gasteiger charge is 2.23. The average Bonchev–Trinajstić information content (AvgIpc) is 2.08. The van der Waals surface area contributed by atoms with Crippen LogP contribution in [0.2, 0.25) is 10.0 Å². The van der Waals surface area contributed by atoms with Crippen molar-refractivity contribution in [2.75, 3.05) is 0 Å². The minimum atomic E-state index is -2.95. The molecule has 0 atom stereocenters. The van der Waals surface area contributed by atoms with Crippen molar-refractivity contribution in [3.05, 3.63) is 27.5 Å². The molecular formula is C7H2Cl3F2NO. The molecule has 0 aliphatic carbocycles. The average molecular weight is 260 g/mol. The lowest BCUT2D eigenvalue weighted by atomic mass is 10.2. The molecule has 0 aliphatic rings. The van der Waals surface area contributed by atoms with Gasteiger partial charge in [-0.1, -0.05) is 23.2 Å². The van der Waals surface area contributed by atoms with E-state index < -0.39 is 27.9 Å². The molecule has 0 amide bonds. The Labute approximate surface area is 92.8 Å². The van der Waals surface area contributed by atoms with Gasteiger partial charge in [-0.25, -0.2) is 13.8 Å². The SMILES string of the molecule is O=C(Cl)c1ncc(Cl)c(Cl)c1C(F)F. The van der Waals surface area contributed by atoms with E-state index in [9.17, 15) is 13.6 Å². The Morgan fingerprint density at radius 3 is 2.43 bits per heavy atom. The van der Waals surface area contributed by atoms with Crippen LogP contribution in [-0.2, 0) is 0 Å². The van der Waals surface area contributed by atoms with Crippen molar-refractivity contribution >= 4 is 40.0 Å². The Balaban J connectivity index is 3.45. The van der Waals surface area contributed by atoms with Crippen LogP contribution in [0.1, 0.15) is 22.5 Å². The smallest absolute Gasteiger partial charge is 0.271 e. The molecule has 0 unspecified atom stereocenters. The van der Waals surface area contributed by atoms with Gasteiger partial charge in [0.05, 0.1) is 15.6 Å². The van der Waals surface area contributed by atoms with Crippen molar-refractivity contribution in [1.29, 1.82) is 0 Å². The summed E-state index contributed by atoms with van der Waals surface area (Å²) in [6.07, 6.45) is -1.96. The van der Waals surface area contributed by atoms with Crippen LogP contribution in [0.5, 0.6) is 0 Å². The van der Waals surface area contributed by atoms with Crippen LogP contribution in [0.25, 0.3) is 0 Å². The first-order valence-corrected chi connectivity index (χ1v) is 4.40. The van der Waals surface area contributed by atoms with E-state index in [-0.39, 0.29) is 5.02 Å². The summed E-state index contributed by atoms with van der Waals surface area (Å²) in [5.74, 6) is 0. The molecule has 0 bridgehead atoms. The molecule has 0 fully saturated rings. The van der Waals surface area contributed by atoms with Crippen LogP contribution in [0.3, 0.4) is 0 Å². The first-order chi connectivity index (χ1) is 6.45. The Morgan fingerprint density at radius 1 is 1.43 bits per heavy atom. The van der Waals surface area contributed by atoms with Crippen molar-refractivity contribution in [3.8, 4) is 0 Å². The molecule has 1 rings (SSSR count). The lowest BCUT2D eigenvalue weighted by molar-refractivity contribution is 0.106. The summed E-state index contributed by atoms with van der Waals surface area (Å²) < 4.78 is 24.9. The van der Waals surface area contributed by atoms with Crippen LogP contribution in [0.4, 0.5) is 8.78 Å². The molecular weight excluding hydrogens is 258 g/mol. The summed E-state index contributed by atoms with van der Waals surface area (Å²) in [7, 11) is 0. The van der Waals surface area contributed by atoms with Crippen LogP contribution in [-0.4, -0.2) is 10.2 Å². The molecule has 0 radical (unpaired) electrons. The Kier molecular flexibility index (Phi) is 3.64. The molecule has 2 nitrogen and oxygen atoms in total. The van der Waals surface area contributed by atoms with E-state index in [1.807, 2.05) is 0 Å². The van der Waals surface area contributed by atoms with Gasteiger partial charge >= 0.3 is 0 Å². The zero-order chi connectivity index (χ0) is 10.9. The second kappa shape index (κ2) is 4.38. The molecule has 0 aromatic carbocycles. The molecule has 0 saturated heterocycles. The van der Waals surface area contributed by atoms with Crippen molar-refractivity contribution in [3.63, 3.8) is 0 Å². The zero-order valence-corrected chi connectivity index (χ0v) is 8.67. The second-order valence-corrected chi connectivity index (χ2v) is 3.39. The maximum absolute atomic E-state index is 12.4. The van der Waals surface area contributed by atoms with E-state index >= 15 is 0 Å². The number of rotatable bonds is 2. The molecule has 1 heterocycles. The monoisotopic (exact) mass is 259 g/mol. The molecule has 0 spiro atoms. The number of alkyl halides is 2. The highest BCUT2D eigenvalue weighted by molar-refractivity contribution is 6.67. The lowest BCUT2D eigenvalue weighted by Gasteiger charge is -2.07. The number of hydrogen-bond donors (Lipinski definition) is 0. The van der Waals surface area contributed by atoms with E-state index in [1.54, 1.807) is 0 Å². The molecule has 7 heteroatoms. The van der Waals surface area contributed by atoms with E-state index in [1.165, 1.54) is 0 Å². The van der Waals surface area contributed by atoms with Crippen molar-refractivity contribution < 1.29 is 13.6 Å². The topological polar surface area (TPSA) is 30.0 Å². The third kappa shape index (κ3) is 2.13. The molecule has 14 heavy (non-hydrogen) atoms. The fraction of sp³-hybridized carbons (Fsp3) is 0.143.